The van der Waals surface area contributed by atoms with Crippen molar-refractivity contribution < 1.29 is 28.5 Å². The summed E-state index contributed by atoms with van der Waals surface area (Å²) in [7, 11) is 1.52. The van der Waals surface area contributed by atoms with E-state index in [0.29, 0.717) is 23.7 Å². The van der Waals surface area contributed by atoms with Gasteiger partial charge in [-0.2, -0.15) is 0 Å². The van der Waals surface area contributed by atoms with Crippen molar-refractivity contribution >= 4 is 18.0 Å². The van der Waals surface area contributed by atoms with Crippen LogP contribution in [0.1, 0.15) is 25.0 Å². The number of cyclic esters (lactones) is 2. The molecule has 140 valence electrons. The fourth-order valence-corrected chi connectivity index (χ4v) is 2.63. The van der Waals surface area contributed by atoms with E-state index in [1.807, 2.05) is 30.3 Å². The lowest BCUT2D eigenvalue weighted by Gasteiger charge is -2.29. The van der Waals surface area contributed by atoms with Crippen molar-refractivity contribution in [2.75, 3.05) is 7.11 Å². The molecule has 0 spiro atoms. The number of hydrogen-bond acceptors (Lipinski definition) is 6. The maximum absolute atomic E-state index is 12.2. The van der Waals surface area contributed by atoms with Gasteiger partial charge in [-0.25, -0.2) is 9.59 Å². The molecule has 27 heavy (non-hydrogen) atoms. The van der Waals surface area contributed by atoms with Crippen LogP contribution >= 0.6 is 0 Å². The molecule has 2 aromatic rings. The van der Waals surface area contributed by atoms with Crippen LogP contribution in [0.2, 0.25) is 0 Å². The maximum atomic E-state index is 12.2. The molecule has 0 bridgehead atoms. The largest absolute Gasteiger partial charge is 0.493 e. The highest BCUT2D eigenvalue weighted by Crippen LogP contribution is 2.34. The molecule has 6 nitrogen and oxygen atoms in total. The summed E-state index contributed by atoms with van der Waals surface area (Å²) in [6.45, 7) is 3.30. The van der Waals surface area contributed by atoms with Gasteiger partial charge in [-0.1, -0.05) is 42.5 Å². The molecule has 0 atom stereocenters. The molecule has 0 N–H and O–H groups in total. The minimum atomic E-state index is -1.29. The Balaban J connectivity index is 1.93. The predicted octanol–water partition coefficient (Wildman–Crippen LogP) is 3.49. The fraction of sp³-hybridized carbons (Fsp3) is 0.238. The Morgan fingerprint density at radius 2 is 1.63 bits per heavy atom. The monoisotopic (exact) mass is 368 g/mol. The van der Waals surface area contributed by atoms with Crippen molar-refractivity contribution in [3.63, 3.8) is 0 Å². The van der Waals surface area contributed by atoms with Gasteiger partial charge in [0.2, 0.25) is 0 Å². The summed E-state index contributed by atoms with van der Waals surface area (Å²) in [6.07, 6.45) is 1.39. The number of benzene rings is 2. The van der Waals surface area contributed by atoms with Crippen LogP contribution in [0.3, 0.4) is 0 Å². The summed E-state index contributed by atoms with van der Waals surface area (Å²) in [4.78, 5) is 24.4. The Morgan fingerprint density at radius 3 is 2.26 bits per heavy atom. The van der Waals surface area contributed by atoms with Crippen molar-refractivity contribution in [1.29, 1.82) is 0 Å². The summed E-state index contributed by atoms with van der Waals surface area (Å²) >= 11 is 0. The van der Waals surface area contributed by atoms with Crippen molar-refractivity contribution in [3.05, 3.63) is 65.2 Å². The Kier molecular flexibility index (Phi) is 5.16. The van der Waals surface area contributed by atoms with Crippen LogP contribution in [0.4, 0.5) is 0 Å². The molecule has 0 aromatic heterocycles. The zero-order chi connectivity index (χ0) is 19.4. The summed E-state index contributed by atoms with van der Waals surface area (Å²) in [6, 6.07) is 14.8. The van der Waals surface area contributed by atoms with Crippen molar-refractivity contribution in [2.45, 2.75) is 26.2 Å². The third-order valence-electron chi connectivity index (χ3n) is 3.87. The molecular formula is C21H20O6. The van der Waals surface area contributed by atoms with Crippen LogP contribution in [-0.4, -0.2) is 24.8 Å². The van der Waals surface area contributed by atoms with Gasteiger partial charge in [-0.15, -0.1) is 0 Å². The molecule has 0 unspecified atom stereocenters. The van der Waals surface area contributed by atoms with Crippen LogP contribution in [0.5, 0.6) is 11.5 Å². The number of ether oxygens (including phenoxy) is 4. The lowest BCUT2D eigenvalue weighted by atomic mass is 10.1. The number of rotatable bonds is 5. The summed E-state index contributed by atoms with van der Waals surface area (Å²) in [5.41, 5.74) is 1.28. The van der Waals surface area contributed by atoms with Crippen LogP contribution in [0.15, 0.2) is 54.1 Å². The van der Waals surface area contributed by atoms with Gasteiger partial charge in [0.05, 0.1) is 7.11 Å². The van der Waals surface area contributed by atoms with E-state index in [9.17, 15) is 9.59 Å². The molecule has 1 heterocycles. The molecular weight excluding hydrogens is 348 g/mol. The quantitative estimate of drug-likeness (QED) is 0.457. The van der Waals surface area contributed by atoms with Crippen LogP contribution in [-0.2, 0) is 25.7 Å². The second kappa shape index (κ2) is 7.53. The molecule has 0 radical (unpaired) electrons. The highest BCUT2D eigenvalue weighted by atomic mass is 16.7. The Bertz CT molecular complexity index is 861. The van der Waals surface area contributed by atoms with E-state index in [1.54, 1.807) is 18.2 Å². The number of para-hydroxylation sites is 1. The molecule has 1 aliphatic heterocycles. The number of esters is 2. The zero-order valence-corrected chi connectivity index (χ0v) is 15.4. The number of methoxy groups -OCH3 is 1. The van der Waals surface area contributed by atoms with Crippen molar-refractivity contribution in [1.82, 2.24) is 0 Å². The summed E-state index contributed by atoms with van der Waals surface area (Å²) < 4.78 is 21.6. The first-order valence-electron chi connectivity index (χ1n) is 8.42. The topological polar surface area (TPSA) is 71.1 Å². The molecule has 2 aromatic carbocycles. The van der Waals surface area contributed by atoms with Crippen LogP contribution in [0.25, 0.3) is 6.08 Å². The smallest absolute Gasteiger partial charge is 0.348 e. The molecule has 6 heteroatoms. The second-order valence-corrected chi connectivity index (χ2v) is 6.39. The van der Waals surface area contributed by atoms with Gasteiger partial charge < -0.3 is 18.9 Å². The molecule has 0 saturated carbocycles. The van der Waals surface area contributed by atoms with E-state index in [1.165, 1.54) is 27.0 Å². The Labute approximate surface area is 157 Å². The number of carbonyl (C=O) groups is 2. The van der Waals surface area contributed by atoms with Crippen molar-refractivity contribution in [3.8, 4) is 11.5 Å². The molecule has 1 aliphatic rings. The van der Waals surface area contributed by atoms with Crippen molar-refractivity contribution in [2.24, 2.45) is 0 Å². The predicted molar refractivity (Wildman–Crippen MR) is 98.0 cm³/mol. The third kappa shape index (κ3) is 4.28. The van der Waals surface area contributed by atoms with E-state index in [4.69, 9.17) is 18.9 Å². The zero-order valence-electron chi connectivity index (χ0n) is 15.4. The van der Waals surface area contributed by atoms with Gasteiger partial charge >= 0.3 is 11.9 Å². The molecule has 0 aliphatic carbocycles. The average molecular weight is 368 g/mol. The standard InChI is InChI=1S/C21H20O6/c1-21(2)26-19(22)16(20(23)27-21)12-15-10-7-11-17(24-3)18(15)25-13-14-8-5-4-6-9-14/h4-12H,13H2,1-3H3. The Morgan fingerprint density at radius 1 is 0.963 bits per heavy atom. The Hall–Kier alpha value is -3.28. The number of hydrogen-bond donors (Lipinski definition) is 0. The lowest BCUT2D eigenvalue weighted by molar-refractivity contribution is -0.222. The molecule has 0 amide bonds. The van der Waals surface area contributed by atoms with Crippen LogP contribution in [0, 0.1) is 0 Å². The van der Waals surface area contributed by atoms with Gasteiger partial charge in [0.1, 0.15) is 12.2 Å². The maximum Gasteiger partial charge on any atom is 0.348 e. The molecule has 3 rings (SSSR count). The lowest BCUT2D eigenvalue weighted by Crippen LogP contribution is -2.41. The van der Waals surface area contributed by atoms with Crippen LogP contribution < -0.4 is 9.47 Å². The van der Waals surface area contributed by atoms with Gasteiger partial charge in [-0.3, -0.25) is 0 Å². The van der Waals surface area contributed by atoms with Gasteiger partial charge in [0.15, 0.2) is 11.5 Å². The van der Waals surface area contributed by atoms with Gasteiger partial charge in [0, 0.05) is 19.4 Å². The van der Waals surface area contributed by atoms with E-state index in [2.05, 4.69) is 0 Å². The third-order valence-corrected chi connectivity index (χ3v) is 3.87. The van der Waals surface area contributed by atoms with E-state index in [-0.39, 0.29) is 5.57 Å². The average Bonchev–Trinajstić information content (AvgIpc) is 2.63. The number of carbonyl (C=O) groups excluding carboxylic acids is 2. The van der Waals surface area contributed by atoms with Gasteiger partial charge in [-0.05, 0) is 17.7 Å². The SMILES string of the molecule is COc1cccc(C=C2C(=O)OC(C)(C)OC2=O)c1OCc1ccccc1. The first-order valence-corrected chi connectivity index (χ1v) is 8.42. The molecule has 1 saturated heterocycles. The minimum Gasteiger partial charge on any atom is -0.493 e. The van der Waals surface area contributed by atoms with E-state index >= 15 is 0 Å². The molecule has 1 fully saturated rings. The fourth-order valence-electron chi connectivity index (χ4n) is 2.63. The second-order valence-electron chi connectivity index (χ2n) is 6.39. The highest BCUT2D eigenvalue weighted by molar-refractivity contribution is 6.19. The summed E-state index contributed by atoms with van der Waals surface area (Å²) in [5.74, 6) is -1.87. The summed E-state index contributed by atoms with van der Waals surface area (Å²) in [5, 5.41) is 0. The first-order chi connectivity index (χ1) is 12.9. The van der Waals surface area contributed by atoms with E-state index in [0.717, 1.165) is 5.56 Å². The first kappa shape index (κ1) is 18.5. The van der Waals surface area contributed by atoms with E-state index < -0.39 is 17.7 Å². The normalized spacial score (nSPS) is 15.6. The minimum absolute atomic E-state index is 0.202. The highest BCUT2D eigenvalue weighted by Gasteiger charge is 2.39. The van der Waals surface area contributed by atoms with Gasteiger partial charge in [0.25, 0.3) is 5.79 Å².